The molecule has 1 heterocycles. The highest BCUT2D eigenvalue weighted by Crippen LogP contribution is 2.21. The van der Waals surface area contributed by atoms with E-state index in [1.165, 1.54) is 12.1 Å². The number of halogens is 1. The van der Waals surface area contributed by atoms with E-state index in [1.807, 2.05) is 13.1 Å². The number of aldehydes is 1. The predicted octanol–water partition coefficient (Wildman–Crippen LogP) is 3.07. The van der Waals surface area contributed by atoms with Crippen molar-refractivity contribution < 1.29 is 9.18 Å². The van der Waals surface area contributed by atoms with E-state index in [9.17, 15) is 9.18 Å². The van der Waals surface area contributed by atoms with Crippen LogP contribution in [0.4, 0.5) is 4.39 Å². The van der Waals surface area contributed by atoms with Crippen molar-refractivity contribution in [1.29, 1.82) is 0 Å². The number of carbonyl (C=O) groups excluding carboxylic acids is 1. The summed E-state index contributed by atoms with van der Waals surface area (Å²) in [4.78, 5) is 13.6. The number of aromatic amines is 1. The number of benzene rings is 1. The summed E-state index contributed by atoms with van der Waals surface area (Å²) >= 11 is 0. The lowest BCUT2D eigenvalue weighted by Gasteiger charge is -2.02. The average molecular weight is 219 g/mol. The fraction of sp³-hybridized carbons (Fsp3) is 0.308. The van der Waals surface area contributed by atoms with Crippen LogP contribution in [-0.2, 0) is 11.2 Å². The molecule has 0 aliphatic carbocycles. The van der Waals surface area contributed by atoms with Crippen molar-refractivity contribution in [1.82, 2.24) is 4.98 Å². The molecule has 0 amide bonds. The number of hydrogen-bond acceptors (Lipinski definition) is 1. The highest BCUT2D eigenvalue weighted by Gasteiger charge is 2.06. The van der Waals surface area contributed by atoms with Gasteiger partial charge in [0.15, 0.2) is 0 Å². The Hall–Kier alpha value is -1.64. The summed E-state index contributed by atoms with van der Waals surface area (Å²) in [5.41, 5.74) is 2.01. The topological polar surface area (TPSA) is 32.9 Å². The highest BCUT2D eigenvalue weighted by atomic mass is 19.1. The Morgan fingerprint density at radius 2 is 2.31 bits per heavy atom. The molecule has 0 saturated heterocycles. The third-order valence-corrected chi connectivity index (χ3v) is 2.83. The maximum Gasteiger partial charge on any atom is 0.123 e. The summed E-state index contributed by atoms with van der Waals surface area (Å²) in [5.74, 6) is -0.171. The molecule has 0 aliphatic rings. The van der Waals surface area contributed by atoms with Crippen LogP contribution in [0.3, 0.4) is 0 Å². The van der Waals surface area contributed by atoms with Crippen molar-refractivity contribution in [3.8, 4) is 0 Å². The van der Waals surface area contributed by atoms with E-state index in [0.29, 0.717) is 0 Å². The second-order valence-corrected chi connectivity index (χ2v) is 4.16. The monoisotopic (exact) mass is 219 g/mol. The summed E-state index contributed by atoms with van der Waals surface area (Å²) in [5, 5.41) is 0.915. The maximum atomic E-state index is 13.1. The molecule has 2 rings (SSSR count). The lowest BCUT2D eigenvalue weighted by Crippen LogP contribution is -1.97. The molecule has 0 aliphatic heterocycles. The van der Waals surface area contributed by atoms with Gasteiger partial charge in [0.25, 0.3) is 0 Å². The van der Waals surface area contributed by atoms with Crippen LogP contribution in [-0.4, -0.2) is 11.3 Å². The smallest absolute Gasteiger partial charge is 0.123 e. The highest BCUT2D eigenvalue weighted by molar-refractivity contribution is 5.83. The molecule has 0 saturated carbocycles. The standard InChI is InChI=1S/C13H14FNO/c1-9(8-16)2-3-10-7-15-13-5-4-11(14)6-12(10)13/h4-9,15H,2-3H2,1H3. The van der Waals surface area contributed by atoms with Gasteiger partial charge in [0.2, 0.25) is 0 Å². The molecular weight excluding hydrogens is 205 g/mol. The Morgan fingerprint density at radius 3 is 3.06 bits per heavy atom. The number of aromatic nitrogens is 1. The largest absolute Gasteiger partial charge is 0.361 e. The predicted molar refractivity (Wildman–Crippen MR) is 61.8 cm³/mol. The van der Waals surface area contributed by atoms with Crippen molar-refractivity contribution in [2.24, 2.45) is 5.92 Å². The minimum absolute atomic E-state index is 0.0542. The Balaban J connectivity index is 2.24. The van der Waals surface area contributed by atoms with E-state index in [1.54, 1.807) is 6.07 Å². The van der Waals surface area contributed by atoms with Crippen molar-refractivity contribution in [2.45, 2.75) is 19.8 Å². The zero-order chi connectivity index (χ0) is 11.5. The van der Waals surface area contributed by atoms with E-state index in [4.69, 9.17) is 0 Å². The van der Waals surface area contributed by atoms with E-state index in [0.717, 1.165) is 35.6 Å². The van der Waals surface area contributed by atoms with Gasteiger partial charge in [-0.05, 0) is 36.6 Å². The van der Waals surface area contributed by atoms with Crippen LogP contribution in [0.2, 0.25) is 0 Å². The van der Waals surface area contributed by atoms with Crippen molar-refractivity contribution in [3.05, 3.63) is 35.8 Å². The first-order valence-corrected chi connectivity index (χ1v) is 5.41. The van der Waals surface area contributed by atoms with E-state index >= 15 is 0 Å². The molecular formula is C13H14FNO. The molecule has 0 spiro atoms. The second-order valence-electron chi connectivity index (χ2n) is 4.16. The molecule has 2 nitrogen and oxygen atoms in total. The molecule has 1 aromatic heterocycles. The SMILES string of the molecule is CC(C=O)CCc1c[nH]c2ccc(F)cc12. The zero-order valence-electron chi connectivity index (χ0n) is 9.16. The molecule has 1 N–H and O–H groups in total. The van der Waals surface area contributed by atoms with Gasteiger partial charge in [0.05, 0.1) is 0 Å². The van der Waals surface area contributed by atoms with Gasteiger partial charge in [-0.15, -0.1) is 0 Å². The molecule has 16 heavy (non-hydrogen) atoms. The summed E-state index contributed by atoms with van der Waals surface area (Å²) in [7, 11) is 0. The van der Waals surface area contributed by atoms with Gasteiger partial charge in [-0.3, -0.25) is 0 Å². The summed E-state index contributed by atoms with van der Waals surface area (Å²) in [6, 6.07) is 4.71. The van der Waals surface area contributed by atoms with E-state index in [2.05, 4.69) is 4.98 Å². The van der Waals surface area contributed by atoms with Crippen LogP contribution in [0.1, 0.15) is 18.9 Å². The summed E-state index contributed by atoms with van der Waals surface area (Å²) in [6.07, 6.45) is 4.44. The molecule has 0 bridgehead atoms. The third kappa shape index (κ3) is 2.13. The quantitative estimate of drug-likeness (QED) is 0.787. The van der Waals surface area contributed by atoms with Crippen molar-refractivity contribution >= 4 is 17.2 Å². The molecule has 84 valence electrons. The number of H-pyrrole nitrogens is 1. The van der Waals surface area contributed by atoms with Gasteiger partial charge in [-0.2, -0.15) is 0 Å². The number of fused-ring (bicyclic) bond motifs is 1. The van der Waals surface area contributed by atoms with Crippen molar-refractivity contribution in [2.75, 3.05) is 0 Å². The molecule has 2 aromatic rings. The molecule has 1 aromatic carbocycles. The lowest BCUT2D eigenvalue weighted by atomic mass is 10.0. The number of hydrogen-bond donors (Lipinski definition) is 1. The van der Waals surface area contributed by atoms with Crippen LogP contribution in [0.5, 0.6) is 0 Å². The number of aryl methyl sites for hydroxylation is 1. The van der Waals surface area contributed by atoms with Crippen LogP contribution >= 0.6 is 0 Å². The van der Waals surface area contributed by atoms with E-state index in [-0.39, 0.29) is 11.7 Å². The first kappa shape index (κ1) is 10.9. The third-order valence-electron chi connectivity index (χ3n) is 2.83. The van der Waals surface area contributed by atoms with Crippen LogP contribution in [0, 0.1) is 11.7 Å². The molecule has 0 fully saturated rings. The first-order valence-electron chi connectivity index (χ1n) is 5.41. The Labute approximate surface area is 93.5 Å². The number of rotatable bonds is 4. The van der Waals surface area contributed by atoms with Crippen molar-refractivity contribution in [3.63, 3.8) is 0 Å². The molecule has 1 atom stereocenters. The first-order chi connectivity index (χ1) is 7.70. The Kier molecular flexibility index (Phi) is 3.04. The fourth-order valence-electron chi connectivity index (χ4n) is 1.81. The minimum Gasteiger partial charge on any atom is -0.361 e. The minimum atomic E-state index is -0.225. The summed E-state index contributed by atoms with van der Waals surface area (Å²) < 4.78 is 13.1. The fourth-order valence-corrected chi connectivity index (χ4v) is 1.81. The lowest BCUT2D eigenvalue weighted by molar-refractivity contribution is -0.110. The van der Waals surface area contributed by atoms with Gasteiger partial charge in [0.1, 0.15) is 12.1 Å². The number of nitrogens with one attached hydrogen (secondary N) is 1. The molecule has 3 heteroatoms. The summed E-state index contributed by atoms with van der Waals surface area (Å²) in [6.45, 7) is 1.89. The average Bonchev–Trinajstić information content (AvgIpc) is 2.68. The van der Waals surface area contributed by atoms with Gasteiger partial charge in [-0.25, -0.2) is 4.39 Å². The van der Waals surface area contributed by atoms with Gasteiger partial charge in [0, 0.05) is 23.0 Å². The number of carbonyl (C=O) groups is 1. The van der Waals surface area contributed by atoms with Gasteiger partial charge in [-0.1, -0.05) is 6.92 Å². The zero-order valence-corrected chi connectivity index (χ0v) is 9.16. The normalized spacial score (nSPS) is 12.9. The maximum absolute atomic E-state index is 13.1. The van der Waals surface area contributed by atoms with Crippen LogP contribution in [0.25, 0.3) is 10.9 Å². The second kappa shape index (κ2) is 4.47. The molecule has 1 unspecified atom stereocenters. The van der Waals surface area contributed by atoms with Crippen LogP contribution in [0.15, 0.2) is 24.4 Å². The van der Waals surface area contributed by atoms with Gasteiger partial charge >= 0.3 is 0 Å². The van der Waals surface area contributed by atoms with Crippen LogP contribution < -0.4 is 0 Å². The Bertz CT molecular complexity index is 504. The Morgan fingerprint density at radius 1 is 1.50 bits per heavy atom. The van der Waals surface area contributed by atoms with Gasteiger partial charge < -0.3 is 9.78 Å². The van der Waals surface area contributed by atoms with E-state index < -0.39 is 0 Å². The molecule has 0 radical (unpaired) electrons.